The molecule has 12 heavy (non-hydrogen) atoms. The molecule has 0 spiro atoms. The van der Waals surface area contributed by atoms with E-state index in [-0.39, 0.29) is 13.0 Å². The molecular formula is C4H11N3O4S. The van der Waals surface area contributed by atoms with E-state index < -0.39 is 21.9 Å². The van der Waals surface area contributed by atoms with E-state index in [1.54, 1.807) is 0 Å². The molecule has 0 unspecified atom stereocenters. The third-order valence-corrected chi connectivity index (χ3v) is 1.89. The van der Waals surface area contributed by atoms with Gasteiger partial charge in [0.15, 0.2) is 0 Å². The Morgan fingerprint density at radius 1 is 1.50 bits per heavy atom. The molecule has 0 aliphatic heterocycles. The zero-order chi connectivity index (χ0) is 9.78. The number of hydrogen-bond acceptors (Lipinski definition) is 4. The third-order valence-electron chi connectivity index (χ3n) is 1.08. The highest BCUT2D eigenvalue weighted by atomic mass is 32.2. The van der Waals surface area contributed by atoms with Crippen molar-refractivity contribution >= 4 is 16.1 Å². The fourth-order valence-electron chi connectivity index (χ4n) is 0.527. The summed E-state index contributed by atoms with van der Waals surface area (Å²) in [5.41, 5.74) is 4.74. The van der Waals surface area contributed by atoms with Gasteiger partial charge in [-0.25, -0.2) is 10.6 Å². The van der Waals surface area contributed by atoms with Crippen LogP contribution in [0.25, 0.3) is 0 Å². The van der Waals surface area contributed by atoms with Crippen LogP contribution in [0.3, 0.4) is 0 Å². The lowest BCUT2D eigenvalue weighted by atomic mass is 10.5. The lowest BCUT2D eigenvalue weighted by Gasteiger charge is -2.11. The summed E-state index contributed by atoms with van der Waals surface area (Å²) in [5.74, 6) is 4.59. The molecule has 72 valence electrons. The van der Waals surface area contributed by atoms with Crippen LogP contribution in [0.1, 0.15) is 6.42 Å². The predicted molar refractivity (Wildman–Crippen MR) is 41.5 cm³/mol. The smallest absolute Gasteiger partial charge is 0.328 e. The van der Waals surface area contributed by atoms with Crippen LogP contribution in [0, 0.1) is 0 Å². The number of carbonyl (C=O) groups excluding carboxylic acids is 1. The maximum atomic E-state index is 10.3. The van der Waals surface area contributed by atoms with Crippen molar-refractivity contribution < 1.29 is 17.8 Å². The minimum Gasteiger partial charge on any atom is -0.350 e. The van der Waals surface area contributed by atoms with E-state index in [4.69, 9.17) is 16.1 Å². The van der Waals surface area contributed by atoms with Gasteiger partial charge in [0.05, 0.1) is 5.75 Å². The van der Waals surface area contributed by atoms with Crippen LogP contribution in [-0.4, -0.2) is 36.3 Å². The normalized spacial score (nSPS) is 11.2. The van der Waals surface area contributed by atoms with Crippen molar-refractivity contribution in [2.45, 2.75) is 6.42 Å². The molecule has 0 atom stereocenters. The van der Waals surface area contributed by atoms with E-state index in [1.165, 1.54) is 0 Å². The molecule has 0 aliphatic rings. The number of nitrogens with two attached hydrogens (primary N) is 2. The first-order chi connectivity index (χ1) is 5.33. The summed E-state index contributed by atoms with van der Waals surface area (Å²) in [5, 5.41) is 0.672. The lowest BCUT2D eigenvalue weighted by molar-refractivity contribution is 0.209. The molecule has 0 fully saturated rings. The van der Waals surface area contributed by atoms with Crippen molar-refractivity contribution in [3.63, 3.8) is 0 Å². The second-order valence-corrected chi connectivity index (χ2v) is 3.74. The predicted octanol–water partition coefficient (Wildman–Crippen LogP) is -1.48. The Kier molecular flexibility index (Phi) is 3.93. The molecule has 7 nitrogen and oxygen atoms in total. The zero-order valence-electron chi connectivity index (χ0n) is 6.30. The molecular weight excluding hydrogens is 186 g/mol. The van der Waals surface area contributed by atoms with Gasteiger partial charge < -0.3 is 5.73 Å². The van der Waals surface area contributed by atoms with Crippen molar-refractivity contribution in [2.24, 2.45) is 11.6 Å². The second-order valence-electron chi connectivity index (χ2n) is 2.17. The van der Waals surface area contributed by atoms with Gasteiger partial charge >= 0.3 is 6.03 Å². The van der Waals surface area contributed by atoms with Gasteiger partial charge in [-0.3, -0.25) is 9.56 Å². The topological polar surface area (TPSA) is 127 Å². The van der Waals surface area contributed by atoms with Crippen LogP contribution in [0.4, 0.5) is 4.79 Å². The molecule has 0 bridgehead atoms. The number of amides is 2. The van der Waals surface area contributed by atoms with Gasteiger partial charge in [-0.05, 0) is 6.42 Å². The van der Waals surface area contributed by atoms with E-state index in [0.717, 1.165) is 0 Å². The zero-order valence-corrected chi connectivity index (χ0v) is 7.12. The molecule has 0 rings (SSSR count). The third kappa shape index (κ3) is 5.89. The standard InChI is InChI=1S/C4H11N3O4S/c5-4(8)7(6)2-1-3-12(9,10)11/h1-3,6H2,(H2,5,8)(H,9,10,11). The minimum atomic E-state index is -3.98. The number of hydrazine groups is 1. The summed E-state index contributed by atoms with van der Waals surface area (Å²) in [7, 11) is -3.98. The monoisotopic (exact) mass is 197 g/mol. The molecule has 0 aliphatic carbocycles. The maximum absolute atomic E-state index is 10.3. The molecule has 0 saturated heterocycles. The number of urea groups is 1. The molecule has 0 aromatic carbocycles. The fourth-order valence-corrected chi connectivity index (χ4v) is 1.02. The average Bonchev–Trinajstić information content (AvgIpc) is 1.84. The molecule has 0 heterocycles. The second kappa shape index (κ2) is 4.24. The van der Waals surface area contributed by atoms with Gasteiger partial charge in [0.1, 0.15) is 0 Å². The summed E-state index contributed by atoms with van der Waals surface area (Å²) >= 11 is 0. The first-order valence-electron chi connectivity index (χ1n) is 3.10. The van der Waals surface area contributed by atoms with Crippen molar-refractivity contribution in [2.75, 3.05) is 12.3 Å². The molecule has 8 heteroatoms. The summed E-state index contributed by atoms with van der Waals surface area (Å²) < 4.78 is 28.6. The fraction of sp³-hybridized carbons (Fsp3) is 0.750. The van der Waals surface area contributed by atoms with E-state index >= 15 is 0 Å². The molecule has 5 N–H and O–H groups in total. The summed E-state index contributed by atoms with van der Waals surface area (Å²) in [6.45, 7) is -0.00484. The maximum Gasteiger partial charge on any atom is 0.328 e. The first-order valence-corrected chi connectivity index (χ1v) is 4.70. The molecule has 0 aromatic rings. The minimum absolute atomic E-state index is 0.00484. The van der Waals surface area contributed by atoms with E-state index in [1.807, 2.05) is 0 Å². The van der Waals surface area contributed by atoms with E-state index in [0.29, 0.717) is 5.01 Å². The van der Waals surface area contributed by atoms with Crippen LogP contribution >= 0.6 is 0 Å². The first kappa shape index (κ1) is 11.1. The number of nitrogens with zero attached hydrogens (tertiary/aromatic N) is 1. The summed E-state index contributed by atoms with van der Waals surface area (Å²) in [6, 6.07) is -0.842. The van der Waals surface area contributed by atoms with Crippen LogP contribution < -0.4 is 11.6 Å². The highest BCUT2D eigenvalue weighted by molar-refractivity contribution is 7.85. The van der Waals surface area contributed by atoms with Gasteiger partial charge in [-0.2, -0.15) is 8.42 Å². The van der Waals surface area contributed by atoms with Crippen molar-refractivity contribution in [3.05, 3.63) is 0 Å². The summed E-state index contributed by atoms with van der Waals surface area (Å²) in [6.07, 6.45) is 0.0538. The van der Waals surface area contributed by atoms with Crippen molar-refractivity contribution in [1.82, 2.24) is 5.01 Å². The van der Waals surface area contributed by atoms with Gasteiger partial charge in [0.2, 0.25) is 0 Å². The van der Waals surface area contributed by atoms with Crippen LogP contribution in [0.2, 0.25) is 0 Å². The molecule has 0 aromatic heterocycles. The Morgan fingerprint density at radius 3 is 2.33 bits per heavy atom. The average molecular weight is 197 g/mol. The highest BCUT2D eigenvalue weighted by Gasteiger charge is 2.07. The SMILES string of the molecule is NC(=O)N(N)CCCS(=O)(=O)O. The van der Waals surface area contributed by atoms with Gasteiger partial charge in [0, 0.05) is 6.54 Å². The van der Waals surface area contributed by atoms with E-state index in [9.17, 15) is 13.2 Å². The van der Waals surface area contributed by atoms with Crippen molar-refractivity contribution in [1.29, 1.82) is 0 Å². The van der Waals surface area contributed by atoms with E-state index in [2.05, 4.69) is 0 Å². The molecule has 0 radical (unpaired) electrons. The summed E-state index contributed by atoms with van der Waals surface area (Å²) in [4.78, 5) is 10.3. The number of hydrogen-bond donors (Lipinski definition) is 3. The van der Waals surface area contributed by atoms with Gasteiger partial charge in [-0.15, -0.1) is 0 Å². The molecule has 2 amide bonds. The van der Waals surface area contributed by atoms with Gasteiger partial charge in [-0.1, -0.05) is 0 Å². The van der Waals surface area contributed by atoms with Crippen LogP contribution in [-0.2, 0) is 10.1 Å². The quantitative estimate of drug-likeness (QED) is 0.219. The molecule has 0 saturated carbocycles. The number of carbonyl (C=O) groups is 1. The van der Waals surface area contributed by atoms with Gasteiger partial charge in [0.25, 0.3) is 10.1 Å². The Hall–Kier alpha value is -0.860. The van der Waals surface area contributed by atoms with Crippen molar-refractivity contribution in [3.8, 4) is 0 Å². The lowest BCUT2D eigenvalue weighted by Crippen LogP contribution is -2.42. The Morgan fingerprint density at radius 2 is 2.00 bits per heavy atom. The number of primary amides is 1. The Balaban J connectivity index is 3.65. The van der Waals surface area contributed by atoms with Crippen LogP contribution in [0.15, 0.2) is 0 Å². The highest BCUT2D eigenvalue weighted by Crippen LogP contribution is 1.89. The van der Waals surface area contributed by atoms with Crippen LogP contribution in [0.5, 0.6) is 0 Å². The number of rotatable bonds is 4. The Bertz CT molecular complexity index is 249. The largest absolute Gasteiger partial charge is 0.350 e. The Labute approximate surface area is 70.0 Å².